The Bertz CT molecular complexity index is 339. The Hall–Kier alpha value is -1.13. The summed E-state index contributed by atoms with van der Waals surface area (Å²) in [4.78, 5) is 3.64. The van der Waals surface area contributed by atoms with Crippen molar-refractivity contribution in [1.29, 1.82) is 0 Å². The maximum atomic E-state index is 5.31. The first-order chi connectivity index (χ1) is 7.31. The lowest BCUT2D eigenvalue weighted by Gasteiger charge is -2.34. The van der Waals surface area contributed by atoms with Crippen molar-refractivity contribution in [3.05, 3.63) is 30.3 Å². The van der Waals surface area contributed by atoms with E-state index in [0.717, 1.165) is 25.0 Å². The van der Waals surface area contributed by atoms with Crippen LogP contribution in [0.3, 0.4) is 0 Å². The predicted octanol–water partition coefficient (Wildman–Crippen LogP) is 0.201. The molecular formula is C11H16N3S+. The summed E-state index contributed by atoms with van der Waals surface area (Å²) in [6, 6.07) is 10.3. The van der Waals surface area contributed by atoms with E-state index in [1.54, 1.807) is 0 Å². The molecule has 15 heavy (non-hydrogen) atoms. The van der Waals surface area contributed by atoms with Crippen LogP contribution in [-0.4, -0.2) is 25.0 Å². The molecule has 3 nitrogen and oxygen atoms in total. The third kappa shape index (κ3) is 2.27. The van der Waals surface area contributed by atoms with Crippen molar-refractivity contribution in [3.63, 3.8) is 0 Å². The van der Waals surface area contributed by atoms with Crippen LogP contribution in [0.4, 0.5) is 5.69 Å². The van der Waals surface area contributed by atoms with Gasteiger partial charge >= 0.3 is 0 Å². The fourth-order valence-electron chi connectivity index (χ4n) is 1.70. The van der Waals surface area contributed by atoms with Crippen LogP contribution in [0.1, 0.15) is 6.92 Å². The highest BCUT2D eigenvalue weighted by molar-refractivity contribution is 7.80. The maximum Gasteiger partial charge on any atom is 0.182 e. The summed E-state index contributed by atoms with van der Waals surface area (Å²) in [5.74, 6) is 0. The van der Waals surface area contributed by atoms with Gasteiger partial charge in [-0.2, -0.15) is 0 Å². The molecule has 0 bridgehead atoms. The van der Waals surface area contributed by atoms with Crippen LogP contribution >= 0.6 is 12.2 Å². The van der Waals surface area contributed by atoms with E-state index in [2.05, 4.69) is 29.3 Å². The van der Waals surface area contributed by atoms with E-state index in [4.69, 9.17) is 12.2 Å². The lowest BCUT2D eigenvalue weighted by molar-refractivity contribution is -0.901. The fourth-order valence-corrected chi connectivity index (χ4v) is 1.94. The fraction of sp³-hybridized carbons (Fsp3) is 0.364. The zero-order chi connectivity index (χ0) is 10.7. The standard InChI is InChI=1S/C11H15N3S/c1-2-13-8-12-11(15)14(9-13)10-6-4-3-5-7-10/h3-7H,2,8-9H2,1H3,(H,12,15)/p+1. The number of quaternary nitrogens is 1. The van der Waals surface area contributed by atoms with E-state index >= 15 is 0 Å². The monoisotopic (exact) mass is 222 g/mol. The van der Waals surface area contributed by atoms with Crippen molar-refractivity contribution >= 4 is 23.0 Å². The SMILES string of the molecule is CC[NH+]1CNC(=S)N(c2ccccc2)C1. The van der Waals surface area contributed by atoms with Crippen LogP contribution in [0.25, 0.3) is 0 Å². The highest BCUT2D eigenvalue weighted by Crippen LogP contribution is 2.12. The molecule has 0 spiro atoms. The third-order valence-corrected chi connectivity index (χ3v) is 3.05. The molecule has 0 aliphatic carbocycles. The first-order valence-electron chi connectivity index (χ1n) is 5.25. The molecule has 0 radical (unpaired) electrons. The van der Waals surface area contributed by atoms with E-state index in [0.29, 0.717) is 0 Å². The van der Waals surface area contributed by atoms with Gasteiger partial charge in [-0.05, 0) is 31.3 Å². The molecule has 1 fully saturated rings. The Balaban J connectivity index is 2.16. The highest BCUT2D eigenvalue weighted by Gasteiger charge is 2.22. The molecule has 1 aromatic carbocycles. The minimum absolute atomic E-state index is 0.832. The van der Waals surface area contributed by atoms with Gasteiger partial charge in [0.2, 0.25) is 0 Å². The summed E-state index contributed by atoms with van der Waals surface area (Å²) >= 11 is 5.31. The zero-order valence-electron chi connectivity index (χ0n) is 8.86. The lowest BCUT2D eigenvalue weighted by atomic mass is 10.3. The molecule has 1 saturated heterocycles. The molecule has 1 heterocycles. The predicted molar refractivity (Wildman–Crippen MR) is 65.9 cm³/mol. The lowest BCUT2D eigenvalue weighted by Crippen LogP contribution is -3.17. The van der Waals surface area contributed by atoms with Crippen molar-refractivity contribution in [2.45, 2.75) is 6.92 Å². The summed E-state index contributed by atoms with van der Waals surface area (Å²) < 4.78 is 0. The van der Waals surface area contributed by atoms with E-state index in [1.165, 1.54) is 10.6 Å². The zero-order valence-corrected chi connectivity index (χ0v) is 9.68. The molecule has 0 amide bonds. The minimum Gasteiger partial charge on any atom is -0.315 e. The molecule has 4 heteroatoms. The minimum atomic E-state index is 0.832. The van der Waals surface area contributed by atoms with Gasteiger partial charge in [-0.15, -0.1) is 0 Å². The first-order valence-corrected chi connectivity index (χ1v) is 5.66. The Morgan fingerprint density at radius 3 is 2.80 bits per heavy atom. The van der Waals surface area contributed by atoms with Crippen molar-refractivity contribution in [1.82, 2.24) is 5.32 Å². The van der Waals surface area contributed by atoms with Gasteiger partial charge in [-0.1, -0.05) is 18.2 Å². The second-order valence-corrected chi connectivity index (χ2v) is 4.07. The van der Waals surface area contributed by atoms with Crippen LogP contribution in [0, 0.1) is 0 Å². The highest BCUT2D eigenvalue weighted by atomic mass is 32.1. The maximum absolute atomic E-state index is 5.31. The summed E-state index contributed by atoms with van der Waals surface area (Å²) in [5.41, 5.74) is 1.17. The summed E-state index contributed by atoms with van der Waals surface area (Å²) in [6.45, 7) is 5.18. The largest absolute Gasteiger partial charge is 0.315 e. The number of hydrogen-bond acceptors (Lipinski definition) is 1. The van der Waals surface area contributed by atoms with E-state index < -0.39 is 0 Å². The first kappa shape index (κ1) is 10.4. The molecule has 1 unspecified atom stereocenters. The van der Waals surface area contributed by atoms with Gasteiger partial charge in [0.05, 0.1) is 6.54 Å². The molecule has 1 aromatic rings. The van der Waals surface area contributed by atoms with Gasteiger partial charge in [-0.25, -0.2) is 0 Å². The van der Waals surface area contributed by atoms with Crippen LogP contribution in [0.15, 0.2) is 30.3 Å². The van der Waals surface area contributed by atoms with Gasteiger partial charge in [-0.3, -0.25) is 4.90 Å². The van der Waals surface area contributed by atoms with Crippen molar-refractivity contribution in [3.8, 4) is 0 Å². The number of rotatable bonds is 2. The second kappa shape index (κ2) is 4.59. The van der Waals surface area contributed by atoms with Crippen molar-refractivity contribution < 1.29 is 4.90 Å². The Kier molecular flexibility index (Phi) is 3.18. The van der Waals surface area contributed by atoms with Crippen LogP contribution in [0.2, 0.25) is 0 Å². The van der Waals surface area contributed by atoms with Crippen LogP contribution < -0.4 is 15.1 Å². The number of benzene rings is 1. The number of nitrogens with zero attached hydrogens (tertiary/aromatic N) is 1. The van der Waals surface area contributed by atoms with Crippen LogP contribution in [-0.2, 0) is 0 Å². The molecule has 1 aliphatic heterocycles. The van der Waals surface area contributed by atoms with Crippen LogP contribution in [0.5, 0.6) is 0 Å². The van der Waals surface area contributed by atoms with E-state index in [1.807, 2.05) is 18.2 Å². The van der Waals surface area contributed by atoms with E-state index in [9.17, 15) is 0 Å². The summed E-state index contributed by atoms with van der Waals surface area (Å²) in [5, 5.41) is 4.08. The molecule has 2 N–H and O–H groups in total. The topological polar surface area (TPSA) is 19.7 Å². The van der Waals surface area contributed by atoms with Gasteiger partial charge in [0, 0.05) is 5.69 Å². The number of para-hydroxylation sites is 1. The number of nitrogens with one attached hydrogen (secondary N) is 2. The van der Waals surface area contributed by atoms with Gasteiger partial charge in [0.15, 0.2) is 18.4 Å². The molecule has 1 aliphatic rings. The molecule has 1 atom stereocenters. The Morgan fingerprint density at radius 1 is 1.40 bits per heavy atom. The third-order valence-electron chi connectivity index (χ3n) is 2.68. The molecule has 2 rings (SSSR count). The van der Waals surface area contributed by atoms with Gasteiger partial charge in [0.1, 0.15) is 0 Å². The Labute approximate surface area is 95.7 Å². The number of hydrogen-bond donors (Lipinski definition) is 2. The average molecular weight is 222 g/mol. The smallest absolute Gasteiger partial charge is 0.182 e. The quantitative estimate of drug-likeness (QED) is 0.698. The molecular weight excluding hydrogens is 206 g/mol. The van der Waals surface area contributed by atoms with Crippen molar-refractivity contribution in [2.75, 3.05) is 24.8 Å². The second-order valence-electron chi connectivity index (χ2n) is 3.68. The summed E-state index contributed by atoms with van der Waals surface area (Å²) in [6.07, 6.45) is 0. The molecule has 80 valence electrons. The normalized spacial score (nSPS) is 21.3. The number of anilines is 1. The van der Waals surface area contributed by atoms with E-state index in [-0.39, 0.29) is 0 Å². The van der Waals surface area contributed by atoms with Crippen molar-refractivity contribution in [2.24, 2.45) is 0 Å². The van der Waals surface area contributed by atoms with Gasteiger partial charge < -0.3 is 10.2 Å². The Morgan fingerprint density at radius 2 is 2.13 bits per heavy atom. The average Bonchev–Trinajstić information content (AvgIpc) is 2.31. The summed E-state index contributed by atoms with van der Waals surface area (Å²) in [7, 11) is 0. The molecule has 0 aromatic heterocycles. The number of thiocarbonyl (C=S) groups is 1. The van der Waals surface area contributed by atoms with Gasteiger partial charge in [0.25, 0.3) is 0 Å². The molecule has 0 saturated carbocycles.